The Morgan fingerprint density at radius 3 is 2.11 bits per heavy atom. The van der Waals surface area contributed by atoms with Crippen LogP contribution in [-0.4, -0.2) is 45.5 Å². The number of carbonyl (C=O) groups excluding carboxylic acids is 1. The zero-order valence-corrected chi connectivity index (χ0v) is 14.9. The molecular weight excluding hydrogens is 346 g/mol. The molecule has 2 aromatic carbocycles. The highest BCUT2D eigenvalue weighted by atomic mass is 16.5. The summed E-state index contributed by atoms with van der Waals surface area (Å²) in [5, 5.41) is 32.3. The quantitative estimate of drug-likeness (QED) is 0.458. The molecule has 0 spiro atoms. The largest absolute Gasteiger partial charge is 0.457 e. The summed E-state index contributed by atoms with van der Waals surface area (Å²) in [6.07, 6.45) is -0.171. The topological polar surface area (TPSA) is 99.0 Å². The zero-order chi connectivity index (χ0) is 19.4. The van der Waals surface area contributed by atoms with Gasteiger partial charge >= 0.3 is 0 Å². The number of aliphatic hydroxyl groups excluding tert-OH is 3. The lowest BCUT2D eigenvalue weighted by molar-refractivity contribution is -0.0567. The van der Waals surface area contributed by atoms with Crippen molar-refractivity contribution in [1.82, 2.24) is 5.32 Å². The van der Waals surface area contributed by atoms with Gasteiger partial charge in [-0.25, -0.2) is 0 Å². The van der Waals surface area contributed by atoms with E-state index in [1.54, 1.807) is 30.3 Å². The van der Waals surface area contributed by atoms with E-state index < -0.39 is 24.4 Å². The summed E-state index contributed by atoms with van der Waals surface area (Å²) in [6, 6.07) is 14.0. The molecule has 4 atom stereocenters. The number of ketones is 1. The molecule has 0 aliphatic heterocycles. The SMILES string of the molecule is CC(=O)c1ccc(Oc2ccc(CN[C@@H]3C=C[C@@H](O)[C@H](O)[C@H]3O)cc2)cc1. The van der Waals surface area contributed by atoms with Gasteiger partial charge in [0.05, 0.1) is 6.04 Å². The molecule has 2 aromatic rings. The van der Waals surface area contributed by atoms with Crippen molar-refractivity contribution in [2.24, 2.45) is 0 Å². The van der Waals surface area contributed by atoms with Crippen molar-refractivity contribution in [3.8, 4) is 11.5 Å². The van der Waals surface area contributed by atoms with Gasteiger partial charge in [0, 0.05) is 12.1 Å². The van der Waals surface area contributed by atoms with E-state index >= 15 is 0 Å². The minimum Gasteiger partial charge on any atom is -0.457 e. The van der Waals surface area contributed by atoms with Crippen LogP contribution in [0.2, 0.25) is 0 Å². The van der Waals surface area contributed by atoms with Crippen LogP contribution in [0.5, 0.6) is 11.5 Å². The van der Waals surface area contributed by atoms with E-state index in [-0.39, 0.29) is 5.78 Å². The predicted molar refractivity (Wildman–Crippen MR) is 101 cm³/mol. The van der Waals surface area contributed by atoms with Crippen LogP contribution in [0.25, 0.3) is 0 Å². The van der Waals surface area contributed by atoms with Gasteiger partial charge in [0.2, 0.25) is 0 Å². The number of Topliss-reactive ketones (excluding diaryl/α,β-unsaturated/α-hetero) is 1. The van der Waals surface area contributed by atoms with Crippen LogP contribution in [0.4, 0.5) is 0 Å². The number of ether oxygens (including phenoxy) is 1. The number of hydrogen-bond donors (Lipinski definition) is 4. The molecule has 1 aliphatic rings. The third-order valence-corrected chi connectivity index (χ3v) is 4.55. The summed E-state index contributed by atoms with van der Waals surface area (Å²) in [5.74, 6) is 1.33. The first kappa shape index (κ1) is 19.3. The first-order valence-electron chi connectivity index (χ1n) is 8.78. The van der Waals surface area contributed by atoms with Crippen LogP contribution in [0.1, 0.15) is 22.8 Å². The normalized spacial score (nSPS) is 24.6. The molecule has 0 bridgehead atoms. The molecule has 27 heavy (non-hydrogen) atoms. The summed E-state index contributed by atoms with van der Waals surface area (Å²) < 4.78 is 5.76. The van der Waals surface area contributed by atoms with Crippen molar-refractivity contribution in [2.75, 3.05) is 0 Å². The molecule has 0 aromatic heterocycles. The molecule has 0 radical (unpaired) electrons. The van der Waals surface area contributed by atoms with Crippen LogP contribution in [-0.2, 0) is 6.54 Å². The number of aliphatic hydroxyl groups is 3. The highest BCUT2D eigenvalue weighted by Crippen LogP contribution is 2.22. The number of benzene rings is 2. The van der Waals surface area contributed by atoms with Crippen LogP contribution in [0.15, 0.2) is 60.7 Å². The van der Waals surface area contributed by atoms with Gasteiger partial charge in [0.25, 0.3) is 0 Å². The molecule has 6 heteroatoms. The minimum absolute atomic E-state index is 0.0124. The summed E-state index contributed by atoms with van der Waals surface area (Å²) in [4.78, 5) is 11.3. The maximum atomic E-state index is 11.3. The number of carbonyl (C=O) groups is 1. The van der Waals surface area contributed by atoms with Crippen LogP contribution < -0.4 is 10.1 Å². The first-order chi connectivity index (χ1) is 12.9. The number of hydrogen-bond acceptors (Lipinski definition) is 6. The molecule has 0 fully saturated rings. The fourth-order valence-electron chi connectivity index (χ4n) is 2.87. The standard InChI is InChI=1S/C21H23NO5/c1-13(23)15-4-8-17(9-5-15)27-16-6-2-14(3-7-16)12-22-18-10-11-19(24)21(26)20(18)25/h2-11,18-22,24-26H,12H2,1H3/t18-,19-,20+,21+/m1/s1. The van der Waals surface area contributed by atoms with Crippen molar-refractivity contribution in [3.05, 3.63) is 71.8 Å². The number of nitrogens with one attached hydrogen (secondary N) is 1. The van der Waals surface area contributed by atoms with Gasteiger partial charge in [-0.2, -0.15) is 0 Å². The van der Waals surface area contributed by atoms with Crippen LogP contribution >= 0.6 is 0 Å². The Labute approximate surface area is 157 Å². The van der Waals surface area contributed by atoms with Gasteiger partial charge < -0.3 is 25.4 Å². The van der Waals surface area contributed by atoms with Crippen molar-refractivity contribution in [2.45, 2.75) is 37.8 Å². The lowest BCUT2D eigenvalue weighted by Crippen LogP contribution is -2.51. The van der Waals surface area contributed by atoms with E-state index in [1.165, 1.54) is 13.0 Å². The van der Waals surface area contributed by atoms with E-state index in [0.29, 0.717) is 23.6 Å². The molecule has 4 N–H and O–H groups in total. The molecule has 0 amide bonds. The molecule has 3 rings (SSSR count). The van der Waals surface area contributed by atoms with Gasteiger partial charge in [-0.15, -0.1) is 0 Å². The fourth-order valence-corrected chi connectivity index (χ4v) is 2.87. The zero-order valence-electron chi connectivity index (χ0n) is 14.9. The summed E-state index contributed by atoms with van der Waals surface area (Å²) in [7, 11) is 0. The smallest absolute Gasteiger partial charge is 0.159 e. The summed E-state index contributed by atoms with van der Waals surface area (Å²) in [6.45, 7) is 2.01. The van der Waals surface area contributed by atoms with Crippen molar-refractivity contribution >= 4 is 5.78 Å². The molecule has 0 saturated carbocycles. The second kappa shape index (κ2) is 8.45. The Hall–Kier alpha value is -2.51. The maximum Gasteiger partial charge on any atom is 0.159 e. The Kier molecular flexibility index (Phi) is 6.03. The third kappa shape index (κ3) is 4.81. The molecule has 6 nitrogen and oxygen atoms in total. The van der Waals surface area contributed by atoms with Gasteiger partial charge in [-0.3, -0.25) is 4.79 Å². The van der Waals surface area contributed by atoms with Crippen LogP contribution in [0.3, 0.4) is 0 Å². The second-order valence-electron chi connectivity index (χ2n) is 6.59. The Morgan fingerprint density at radius 1 is 0.926 bits per heavy atom. The average Bonchev–Trinajstić information content (AvgIpc) is 2.67. The van der Waals surface area contributed by atoms with Gasteiger partial charge in [-0.05, 0) is 48.9 Å². The minimum atomic E-state index is -1.20. The molecular formula is C21H23NO5. The van der Waals surface area contributed by atoms with Crippen LogP contribution in [0, 0.1) is 0 Å². The van der Waals surface area contributed by atoms with Gasteiger partial charge in [0.15, 0.2) is 5.78 Å². The number of rotatable bonds is 6. The summed E-state index contributed by atoms with van der Waals surface area (Å²) in [5.41, 5.74) is 1.62. The lowest BCUT2D eigenvalue weighted by atomic mass is 9.94. The van der Waals surface area contributed by atoms with Crippen molar-refractivity contribution < 1.29 is 24.9 Å². The fraction of sp³-hybridized carbons (Fsp3) is 0.286. The Bertz CT molecular complexity index is 800. The Morgan fingerprint density at radius 2 is 1.52 bits per heavy atom. The van der Waals surface area contributed by atoms with E-state index in [2.05, 4.69) is 5.32 Å². The van der Waals surface area contributed by atoms with Gasteiger partial charge in [-0.1, -0.05) is 24.3 Å². The summed E-state index contributed by atoms with van der Waals surface area (Å²) >= 11 is 0. The molecule has 1 aliphatic carbocycles. The molecule has 0 saturated heterocycles. The van der Waals surface area contributed by atoms with E-state index in [9.17, 15) is 20.1 Å². The predicted octanol–water partition coefficient (Wildman–Crippen LogP) is 1.79. The highest BCUT2D eigenvalue weighted by Gasteiger charge is 2.32. The van der Waals surface area contributed by atoms with Crippen molar-refractivity contribution in [3.63, 3.8) is 0 Å². The monoisotopic (exact) mass is 369 g/mol. The Balaban J connectivity index is 1.56. The van der Waals surface area contributed by atoms with E-state index in [0.717, 1.165) is 5.56 Å². The maximum absolute atomic E-state index is 11.3. The highest BCUT2D eigenvalue weighted by molar-refractivity contribution is 5.94. The van der Waals surface area contributed by atoms with E-state index in [4.69, 9.17) is 4.74 Å². The van der Waals surface area contributed by atoms with Gasteiger partial charge in [0.1, 0.15) is 29.8 Å². The third-order valence-electron chi connectivity index (χ3n) is 4.55. The average molecular weight is 369 g/mol. The lowest BCUT2D eigenvalue weighted by Gasteiger charge is -2.31. The molecule has 0 unspecified atom stereocenters. The molecule has 0 heterocycles. The first-order valence-corrected chi connectivity index (χ1v) is 8.78. The molecule has 142 valence electrons. The van der Waals surface area contributed by atoms with E-state index in [1.807, 2.05) is 24.3 Å². The van der Waals surface area contributed by atoms with Crippen molar-refractivity contribution in [1.29, 1.82) is 0 Å². The second-order valence-corrected chi connectivity index (χ2v) is 6.59.